The van der Waals surface area contributed by atoms with E-state index in [2.05, 4.69) is 14.2 Å². The van der Waals surface area contributed by atoms with E-state index in [1.54, 1.807) is 26.0 Å². The van der Waals surface area contributed by atoms with Crippen LogP contribution in [0.1, 0.15) is 25.1 Å². The lowest BCUT2D eigenvalue weighted by Gasteiger charge is -2.24. The van der Waals surface area contributed by atoms with Crippen LogP contribution in [-0.4, -0.2) is 48.5 Å². The molecule has 0 saturated carbocycles. The Morgan fingerprint density at radius 1 is 1.07 bits per heavy atom. The third-order valence-corrected chi connectivity index (χ3v) is 8.05. The molecule has 7 nitrogen and oxygen atoms in total. The molecule has 0 saturated heterocycles. The van der Waals surface area contributed by atoms with Crippen LogP contribution < -0.4 is 8.92 Å². The molecule has 0 atom stereocenters. The first kappa shape index (κ1) is 28.2. The SMILES string of the molecule is CC(C)Oc1cc(F)cc(F)c1-c1c(-c2ccc3c(n2)CN(C)CC3)nc(OS(=O)(=O)C(F)(F)F)c2ccsc12. The fourth-order valence-corrected chi connectivity index (χ4v) is 5.81. The molecule has 5 rings (SSSR count). The Balaban J connectivity index is 1.85. The molecule has 1 aromatic carbocycles. The summed E-state index contributed by atoms with van der Waals surface area (Å²) in [5.41, 5.74) is -4.27. The first-order chi connectivity index (χ1) is 18.7. The van der Waals surface area contributed by atoms with Gasteiger partial charge in [-0.05, 0) is 50.4 Å². The van der Waals surface area contributed by atoms with Crippen molar-refractivity contribution in [1.29, 1.82) is 0 Å². The minimum absolute atomic E-state index is 0.0477. The largest absolute Gasteiger partial charge is 0.534 e. The van der Waals surface area contributed by atoms with Crippen LogP contribution in [0.2, 0.25) is 0 Å². The van der Waals surface area contributed by atoms with Gasteiger partial charge in [0.2, 0.25) is 5.88 Å². The predicted molar refractivity (Wildman–Crippen MR) is 140 cm³/mol. The van der Waals surface area contributed by atoms with Crippen LogP contribution in [0.4, 0.5) is 22.0 Å². The number of halogens is 5. The number of benzene rings is 1. The van der Waals surface area contributed by atoms with Crippen molar-refractivity contribution in [3.05, 3.63) is 58.6 Å². The van der Waals surface area contributed by atoms with Gasteiger partial charge < -0.3 is 13.8 Å². The summed E-state index contributed by atoms with van der Waals surface area (Å²) >= 11 is 0.987. The molecule has 1 aliphatic heterocycles. The number of likely N-dealkylation sites (N-methyl/N-ethyl adjacent to an activating group) is 1. The standard InChI is InChI=1S/C26H22F5N3O4S2/c1-13(2)37-20-11-15(27)10-17(28)21(20)22-23(18-5-4-14-6-8-34(3)12-19(14)32-18)33-25(16-7-9-39-24(16)22)38-40(35,36)26(29,30)31/h4-5,7,9-11,13H,6,8,12H2,1-3H3. The molecule has 40 heavy (non-hydrogen) atoms. The lowest BCUT2D eigenvalue weighted by molar-refractivity contribution is -0.0500. The van der Waals surface area contributed by atoms with Gasteiger partial charge in [0.15, 0.2) is 0 Å². The van der Waals surface area contributed by atoms with Gasteiger partial charge in [0.05, 0.1) is 33.1 Å². The van der Waals surface area contributed by atoms with Crippen LogP contribution in [0.5, 0.6) is 11.6 Å². The van der Waals surface area contributed by atoms with Gasteiger partial charge in [-0.25, -0.2) is 18.7 Å². The smallest absolute Gasteiger partial charge is 0.490 e. The van der Waals surface area contributed by atoms with Crippen LogP contribution in [0.25, 0.3) is 32.6 Å². The molecule has 1 aliphatic rings. The van der Waals surface area contributed by atoms with E-state index in [1.807, 2.05) is 11.9 Å². The maximum atomic E-state index is 15.6. The van der Waals surface area contributed by atoms with Crippen LogP contribution >= 0.6 is 11.3 Å². The summed E-state index contributed by atoms with van der Waals surface area (Å²) in [5.74, 6) is -2.93. The summed E-state index contributed by atoms with van der Waals surface area (Å²) < 4.78 is 104. The highest BCUT2D eigenvalue weighted by molar-refractivity contribution is 7.88. The molecular weight excluding hydrogens is 577 g/mol. The van der Waals surface area contributed by atoms with Crippen molar-refractivity contribution in [3.8, 4) is 34.1 Å². The third kappa shape index (κ3) is 5.22. The first-order valence-electron chi connectivity index (χ1n) is 12.0. The van der Waals surface area contributed by atoms with E-state index in [4.69, 9.17) is 4.74 Å². The second-order valence-electron chi connectivity index (χ2n) is 9.50. The van der Waals surface area contributed by atoms with Gasteiger partial charge in [0, 0.05) is 30.8 Å². The van der Waals surface area contributed by atoms with E-state index in [0.29, 0.717) is 24.7 Å². The summed E-state index contributed by atoms with van der Waals surface area (Å²) in [6.45, 7) is 4.58. The fraction of sp³-hybridized carbons (Fsp3) is 0.308. The Hall–Kier alpha value is -3.36. The number of hydrogen-bond donors (Lipinski definition) is 0. The van der Waals surface area contributed by atoms with E-state index in [1.165, 1.54) is 11.4 Å². The molecular formula is C26H22F5N3O4S2. The Bertz CT molecular complexity index is 1720. The van der Waals surface area contributed by atoms with Crippen molar-refractivity contribution in [2.75, 3.05) is 13.6 Å². The molecule has 0 N–H and O–H groups in total. The lowest BCUT2D eigenvalue weighted by Crippen LogP contribution is -2.28. The lowest BCUT2D eigenvalue weighted by atomic mass is 9.97. The topological polar surface area (TPSA) is 81.6 Å². The molecule has 0 amide bonds. The van der Waals surface area contributed by atoms with E-state index < -0.39 is 39.2 Å². The van der Waals surface area contributed by atoms with Crippen LogP contribution in [0.3, 0.4) is 0 Å². The number of nitrogens with zero attached hydrogens (tertiary/aromatic N) is 3. The highest BCUT2D eigenvalue weighted by Crippen LogP contribution is 2.47. The van der Waals surface area contributed by atoms with E-state index in [9.17, 15) is 26.0 Å². The molecule has 14 heteroatoms. The summed E-state index contributed by atoms with van der Waals surface area (Å²) in [6.07, 6.45) is 0.215. The number of thiophene rings is 1. The number of fused-ring (bicyclic) bond motifs is 2. The van der Waals surface area contributed by atoms with Crippen molar-refractivity contribution in [3.63, 3.8) is 0 Å². The third-order valence-electron chi connectivity index (χ3n) is 6.17. The summed E-state index contributed by atoms with van der Waals surface area (Å²) in [6, 6.07) is 6.31. The van der Waals surface area contributed by atoms with E-state index in [-0.39, 0.29) is 38.4 Å². The monoisotopic (exact) mass is 599 g/mol. The summed E-state index contributed by atoms with van der Waals surface area (Å²) in [5, 5.41) is 1.35. The summed E-state index contributed by atoms with van der Waals surface area (Å²) in [4.78, 5) is 10.9. The molecule has 0 aliphatic carbocycles. The van der Waals surface area contributed by atoms with Gasteiger partial charge in [-0.2, -0.15) is 21.6 Å². The Morgan fingerprint density at radius 2 is 1.82 bits per heavy atom. The highest BCUT2D eigenvalue weighted by atomic mass is 32.2. The minimum Gasteiger partial charge on any atom is -0.490 e. The predicted octanol–water partition coefficient (Wildman–Crippen LogP) is 6.31. The Labute approximate surface area is 230 Å². The van der Waals surface area contributed by atoms with Crippen LogP contribution in [0, 0.1) is 11.6 Å². The van der Waals surface area contributed by atoms with E-state index >= 15 is 4.39 Å². The van der Waals surface area contributed by atoms with Crippen molar-refractivity contribution < 1.29 is 39.3 Å². The molecule has 0 bridgehead atoms. The van der Waals surface area contributed by atoms with Crippen molar-refractivity contribution in [1.82, 2.24) is 14.9 Å². The molecule has 0 radical (unpaired) electrons. The van der Waals surface area contributed by atoms with Gasteiger partial charge in [-0.15, -0.1) is 11.3 Å². The first-order valence-corrected chi connectivity index (χ1v) is 14.3. The van der Waals surface area contributed by atoms with Gasteiger partial charge >= 0.3 is 15.6 Å². The Morgan fingerprint density at radius 3 is 2.52 bits per heavy atom. The normalized spacial score (nSPS) is 14.5. The zero-order valence-electron chi connectivity index (χ0n) is 21.3. The maximum absolute atomic E-state index is 15.6. The summed E-state index contributed by atoms with van der Waals surface area (Å²) in [7, 11) is -4.19. The second-order valence-corrected chi connectivity index (χ2v) is 12.0. The molecule has 0 spiro atoms. The van der Waals surface area contributed by atoms with Crippen molar-refractivity contribution in [2.24, 2.45) is 0 Å². The van der Waals surface area contributed by atoms with Gasteiger partial charge in [0.1, 0.15) is 23.1 Å². The zero-order chi connectivity index (χ0) is 29.0. The second kappa shape index (κ2) is 10.2. The molecule has 4 aromatic rings. The van der Waals surface area contributed by atoms with E-state index in [0.717, 1.165) is 29.5 Å². The number of hydrogen-bond acceptors (Lipinski definition) is 8. The number of aromatic nitrogens is 2. The quantitative estimate of drug-likeness (QED) is 0.146. The molecule has 4 heterocycles. The number of pyridine rings is 2. The average Bonchev–Trinajstić information content (AvgIpc) is 3.33. The number of ether oxygens (including phenoxy) is 1. The number of alkyl halides is 3. The average molecular weight is 600 g/mol. The Kier molecular flexibility index (Phi) is 7.21. The minimum atomic E-state index is -6.09. The molecule has 0 unspecified atom stereocenters. The zero-order valence-corrected chi connectivity index (χ0v) is 23.0. The molecule has 0 fully saturated rings. The van der Waals surface area contributed by atoms with Crippen molar-refractivity contribution >= 4 is 31.5 Å². The molecule has 3 aromatic heterocycles. The molecule has 212 valence electrons. The van der Waals surface area contributed by atoms with Gasteiger partial charge in [-0.3, -0.25) is 0 Å². The van der Waals surface area contributed by atoms with Gasteiger partial charge in [0.25, 0.3) is 0 Å². The van der Waals surface area contributed by atoms with Crippen molar-refractivity contribution in [2.45, 2.75) is 38.4 Å². The number of rotatable bonds is 6. The fourth-order valence-electron chi connectivity index (χ4n) is 4.44. The van der Waals surface area contributed by atoms with Gasteiger partial charge in [-0.1, -0.05) is 6.07 Å². The highest BCUT2D eigenvalue weighted by Gasteiger charge is 2.49. The maximum Gasteiger partial charge on any atom is 0.534 e. The van der Waals surface area contributed by atoms with Crippen LogP contribution in [0.15, 0.2) is 35.7 Å². The van der Waals surface area contributed by atoms with Crippen LogP contribution in [-0.2, 0) is 23.1 Å².